The molecule has 0 aromatic heterocycles. The van der Waals surface area contributed by atoms with Gasteiger partial charge >= 0.3 is 0 Å². The number of methoxy groups -OCH3 is 2. The number of carbonyl (C=O) groups is 1. The second-order valence-corrected chi connectivity index (χ2v) is 4.15. The van der Waals surface area contributed by atoms with E-state index in [1.807, 2.05) is 6.92 Å². The average Bonchev–Trinajstić information content (AvgIpc) is 2.51. The highest BCUT2D eigenvalue weighted by Crippen LogP contribution is 2.11. The molecule has 0 fully saturated rings. The highest BCUT2D eigenvalue weighted by molar-refractivity contribution is 6.04. The Balaban J connectivity index is 2.61. The number of nitrogens with zero attached hydrogens (tertiary/aromatic N) is 1. The molecule has 1 amide bonds. The Morgan fingerprint density at radius 3 is 2.52 bits per heavy atom. The summed E-state index contributed by atoms with van der Waals surface area (Å²) in [4.78, 5) is 16.3. The van der Waals surface area contributed by atoms with Crippen molar-refractivity contribution in [2.45, 2.75) is 13.3 Å². The van der Waals surface area contributed by atoms with Gasteiger partial charge in [-0.05, 0) is 37.6 Å². The third kappa shape index (κ3) is 6.27. The van der Waals surface area contributed by atoms with E-state index < -0.39 is 0 Å². The fraction of sp³-hybridized carbons (Fsp3) is 0.467. The Labute approximate surface area is 125 Å². The summed E-state index contributed by atoms with van der Waals surface area (Å²) in [5, 5.41) is 2.66. The van der Waals surface area contributed by atoms with Gasteiger partial charge in [0.15, 0.2) is 0 Å². The highest BCUT2D eigenvalue weighted by atomic mass is 16.5. The zero-order chi connectivity index (χ0) is 15.5. The lowest BCUT2D eigenvalue weighted by Crippen LogP contribution is -2.32. The molecule has 116 valence electrons. The van der Waals surface area contributed by atoms with Crippen LogP contribution < -0.4 is 10.1 Å². The van der Waals surface area contributed by atoms with Crippen LogP contribution in [0.1, 0.15) is 23.7 Å². The van der Waals surface area contributed by atoms with Gasteiger partial charge in [-0.3, -0.25) is 10.1 Å². The monoisotopic (exact) mass is 294 g/mol. The minimum Gasteiger partial charge on any atom is -0.497 e. The number of aliphatic imine (C=N–C) groups is 1. The molecule has 6 nitrogen and oxygen atoms in total. The molecule has 0 spiro atoms. The number of amides is 1. The minimum atomic E-state index is -0.267. The average molecular weight is 294 g/mol. The molecule has 21 heavy (non-hydrogen) atoms. The summed E-state index contributed by atoms with van der Waals surface area (Å²) in [6, 6.07) is 7.05. The van der Waals surface area contributed by atoms with Crippen LogP contribution in [0.15, 0.2) is 29.3 Å². The van der Waals surface area contributed by atoms with Crippen molar-refractivity contribution < 1.29 is 19.0 Å². The fourth-order valence-electron chi connectivity index (χ4n) is 1.56. The van der Waals surface area contributed by atoms with Gasteiger partial charge in [-0.15, -0.1) is 0 Å². The predicted octanol–water partition coefficient (Wildman–Crippen LogP) is 1.85. The van der Waals surface area contributed by atoms with E-state index in [2.05, 4.69) is 10.3 Å². The second-order valence-electron chi connectivity index (χ2n) is 4.15. The normalized spacial score (nSPS) is 11.1. The van der Waals surface area contributed by atoms with Gasteiger partial charge in [0.1, 0.15) is 5.75 Å². The maximum atomic E-state index is 12.1. The SMILES string of the molecule is CCOC(=NCCCOC)NC(=O)c1ccc(OC)cc1. The van der Waals surface area contributed by atoms with Crippen molar-refractivity contribution in [1.29, 1.82) is 0 Å². The summed E-state index contributed by atoms with van der Waals surface area (Å²) in [5.41, 5.74) is 0.514. The van der Waals surface area contributed by atoms with Crippen molar-refractivity contribution >= 4 is 11.9 Å². The molecule has 0 aliphatic heterocycles. The number of benzene rings is 1. The van der Waals surface area contributed by atoms with Crippen LogP contribution in [-0.4, -0.2) is 45.9 Å². The van der Waals surface area contributed by atoms with Crippen LogP contribution in [0.25, 0.3) is 0 Å². The Hall–Kier alpha value is -2.08. The molecule has 6 heteroatoms. The smallest absolute Gasteiger partial charge is 0.291 e. The standard InChI is InChI=1S/C15H22N2O4/c1-4-21-15(16-10-5-11-19-2)17-14(18)12-6-8-13(20-3)9-7-12/h6-9H,4-5,10-11H2,1-3H3,(H,16,17,18). The first-order valence-corrected chi connectivity index (χ1v) is 6.82. The lowest BCUT2D eigenvalue weighted by atomic mass is 10.2. The van der Waals surface area contributed by atoms with E-state index in [1.54, 1.807) is 38.5 Å². The molecule has 0 aliphatic rings. The lowest BCUT2D eigenvalue weighted by molar-refractivity contribution is 0.0966. The number of amidine groups is 1. The first-order valence-electron chi connectivity index (χ1n) is 6.82. The van der Waals surface area contributed by atoms with Crippen molar-refractivity contribution in [1.82, 2.24) is 5.32 Å². The van der Waals surface area contributed by atoms with Crippen molar-refractivity contribution in [3.05, 3.63) is 29.8 Å². The molecule has 0 radical (unpaired) electrons. The number of hydrogen-bond donors (Lipinski definition) is 1. The molecular weight excluding hydrogens is 272 g/mol. The van der Waals surface area contributed by atoms with Crippen LogP contribution in [0.5, 0.6) is 5.75 Å². The molecular formula is C15H22N2O4. The molecule has 0 saturated carbocycles. The van der Waals surface area contributed by atoms with Crippen LogP contribution in [0.4, 0.5) is 0 Å². The molecule has 0 aliphatic carbocycles. The second kappa shape index (κ2) is 9.77. The zero-order valence-electron chi connectivity index (χ0n) is 12.7. The topological polar surface area (TPSA) is 69.2 Å². The van der Waals surface area contributed by atoms with Gasteiger partial charge in [-0.2, -0.15) is 0 Å². The van der Waals surface area contributed by atoms with Gasteiger partial charge in [0.25, 0.3) is 11.9 Å². The highest BCUT2D eigenvalue weighted by Gasteiger charge is 2.09. The van der Waals surface area contributed by atoms with Crippen molar-refractivity contribution in [2.75, 3.05) is 34.0 Å². The summed E-state index contributed by atoms with van der Waals surface area (Å²) in [6.45, 7) is 3.43. The molecule has 0 saturated heterocycles. The molecule has 0 heterocycles. The van der Waals surface area contributed by atoms with Crippen LogP contribution in [-0.2, 0) is 9.47 Å². The third-order valence-corrected chi connectivity index (χ3v) is 2.62. The summed E-state index contributed by atoms with van der Waals surface area (Å²) in [7, 11) is 3.22. The van der Waals surface area contributed by atoms with E-state index in [4.69, 9.17) is 14.2 Å². The number of rotatable bonds is 7. The summed E-state index contributed by atoms with van der Waals surface area (Å²) in [5.74, 6) is 0.432. The van der Waals surface area contributed by atoms with Gasteiger partial charge in [0.05, 0.1) is 13.7 Å². The van der Waals surface area contributed by atoms with E-state index >= 15 is 0 Å². The molecule has 0 atom stereocenters. The van der Waals surface area contributed by atoms with Crippen LogP contribution >= 0.6 is 0 Å². The van der Waals surface area contributed by atoms with E-state index in [0.717, 1.165) is 6.42 Å². The molecule has 1 aromatic rings. The van der Waals surface area contributed by atoms with Crippen LogP contribution in [0.2, 0.25) is 0 Å². The zero-order valence-corrected chi connectivity index (χ0v) is 12.7. The van der Waals surface area contributed by atoms with Gasteiger partial charge < -0.3 is 14.2 Å². The fourth-order valence-corrected chi connectivity index (χ4v) is 1.56. The largest absolute Gasteiger partial charge is 0.497 e. The van der Waals surface area contributed by atoms with Crippen molar-refractivity contribution in [3.8, 4) is 5.75 Å². The molecule has 1 rings (SSSR count). The Bertz CT molecular complexity index is 457. The molecule has 1 aromatic carbocycles. The lowest BCUT2D eigenvalue weighted by Gasteiger charge is -2.09. The van der Waals surface area contributed by atoms with E-state index in [-0.39, 0.29) is 11.9 Å². The van der Waals surface area contributed by atoms with Gasteiger partial charge in [-0.25, -0.2) is 4.99 Å². The first kappa shape index (κ1) is 17.0. The quantitative estimate of drug-likeness (QED) is 0.473. The summed E-state index contributed by atoms with van der Waals surface area (Å²) < 4.78 is 15.3. The predicted molar refractivity (Wildman–Crippen MR) is 80.9 cm³/mol. The summed E-state index contributed by atoms with van der Waals surface area (Å²) >= 11 is 0. The minimum absolute atomic E-state index is 0.231. The summed E-state index contributed by atoms with van der Waals surface area (Å²) in [6.07, 6.45) is 0.769. The number of ether oxygens (including phenoxy) is 3. The van der Waals surface area contributed by atoms with E-state index in [1.165, 1.54) is 0 Å². The van der Waals surface area contributed by atoms with Crippen LogP contribution in [0, 0.1) is 0 Å². The van der Waals surface area contributed by atoms with Gasteiger partial charge in [-0.1, -0.05) is 0 Å². The number of nitrogens with one attached hydrogen (secondary N) is 1. The first-order chi connectivity index (χ1) is 10.2. The number of hydrogen-bond acceptors (Lipinski definition) is 5. The van der Waals surface area contributed by atoms with Crippen molar-refractivity contribution in [3.63, 3.8) is 0 Å². The molecule has 0 bridgehead atoms. The maximum Gasteiger partial charge on any atom is 0.291 e. The number of carbonyl (C=O) groups excluding carboxylic acids is 1. The van der Waals surface area contributed by atoms with E-state index in [0.29, 0.717) is 31.1 Å². The van der Waals surface area contributed by atoms with Crippen molar-refractivity contribution in [2.24, 2.45) is 4.99 Å². The molecule has 1 N–H and O–H groups in total. The van der Waals surface area contributed by atoms with Crippen LogP contribution in [0.3, 0.4) is 0 Å². The third-order valence-electron chi connectivity index (χ3n) is 2.62. The van der Waals surface area contributed by atoms with Gasteiger partial charge in [0, 0.05) is 25.8 Å². The molecule has 0 unspecified atom stereocenters. The Kier molecular flexibility index (Phi) is 7.89. The van der Waals surface area contributed by atoms with E-state index in [9.17, 15) is 4.79 Å². The van der Waals surface area contributed by atoms with Gasteiger partial charge in [0.2, 0.25) is 0 Å². The Morgan fingerprint density at radius 1 is 1.24 bits per heavy atom. The maximum absolute atomic E-state index is 12.1. The Morgan fingerprint density at radius 2 is 1.95 bits per heavy atom.